The fourth-order valence-corrected chi connectivity index (χ4v) is 4.82. The Bertz CT molecular complexity index is 1360. The lowest BCUT2D eigenvalue weighted by atomic mass is 9.88. The highest BCUT2D eigenvalue weighted by molar-refractivity contribution is 6.07. The first-order valence-corrected chi connectivity index (χ1v) is 11.1. The van der Waals surface area contributed by atoms with Crippen molar-refractivity contribution in [2.24, 2.45) is 15.7 Å². The summed E-state index contributed by atoms with van der Waals surface area (Å²) in [6.45, 7) is 3.94. The third kappa shape index (κ3) is 3.63. The Balaban J connectivity index is 1.57. The second kappa shape index (κ2) is 8.41. The molecule has 1 aromatic heterocycles. The number of pyridine rings is 1. The van der Waals surface area contributed by atoms with E-state index in [1.165, 1.54) is 12.1 Å². The van der Waals surface area contributed by atoms with Gasteiger partial charge in [0.1, 0.15) is 29.3 Å². The minimum atomic E-state index is -0.322. The number of halogens is 1. The molecule has 3 aromatic rings. The molecule has 0 amide bonds. The number of methoxy groups -OCH3 is 1. The summed E-state index contributed by atoms with van der Waals surface area (Å²) >= 11 is 0. The van der Waals surface area contributed by atoms with Crippen molar-refractivity contribution in [3.8, 4) is 16.9 Å². The highest BCUT2D eigenvalue weighted by Crippen LogP contribution is 2.40. The smallest absolute Gasteiger partial charge is 0.134 e. The van der Waals surface area contributed by atoms with E-state index in [0.717, 1.165) is 50.8 Å². The largest absolute Gasteiger partial charge is 0.496 e. The lowest BCUT2D eigenvalue weighted by Gasteiger charge is -2.33. The lowest BCUT2D eigenvalue weighted by Crippen LogP contribution is -2.45. The molecule has 2 aliphatic rings. The van der Waals surface area contributed by atoms with Crippen molar-refractivity contribution in [3.63, 3.8) is 0 Å². The Morgan fingerprint density at radius 2 is 1.71 bits per heavy atom. The van der Waals surface area contributed by atoms with Crippen LogP contribution < -0.4 is 10.5 Å². The summed E-state index contributed by atoms with van der Waals surface area (Å²) < 4.78 is 19.3. The highest BCUT2D eigenvalue weighted by Gasteiger charge is 2.42. The van der Waals surface area contributed by atoms with Gasteiger partial charge in [-0.3, -0.25) is 9.98 Å². The number of rotatable bonds is 4. The van der Waals surface area contributed by atoms with Gasteiger partial charge in [-0.05, 0) is 67.4 Å². The van der Waals surface area contributed by atoms with E-state index >= 15 is 0 Å². The van der Waals surface area contributed by atoms with Crippen molar-refractivity contribution in [2.45, 2.75) is 25.9 Å². The van der Waals surface area contributed by atoms with Crippen LogP contribution in [-0.4, -0.2) is 47.8 Å². The molecule has 0 aliphatic carbocycles. The number of aliphatic imine (C=N–C) groups is 2. The van der Waals surface area contributed by atoms with Crippen LogP contribution in [0.4, 0.5) is 4.39 Å². The van der Waals surface area contributed by atoms with E-state index < -0.39 is 0 Å². The zero-order valence-corrected chi connectivity index (χ0v) is 19.6. The maximum atomic E-state index is 13.5. The van der Waals surface area contributed by atoms with E-state index in [2.05, 4.69) is 27.0 Å². The van der Waals surface area contributed by atoms with Crippen molar-refractivity contribution in [2.75, 3.05) is 14.2 Å². The van der Waals surface area contributed by atoms with Gasteiger partial charge in [-0.2, -0.15) is 0 Å². The average molecular weight is 456 g/mol. The summed E-state index contributed by atoms with van der Waals surface area (Å²) in [6, 6.07) is 16.1. The van der Waals surface area contributed by atoms with Crippen LogP contribution in [-0.2, 0) is 0 Å². The quantitative estimate of drug-likeness (QED) is 0.631. The first-order valence-electron chi connectivity index (χ1n) is 11.1. The molecular formula is C27H26FN5O. The van der Waals surface area contributed by atoms with Crippen LogP contribution in [0, 0.1) is 12.7 Å². The second-order valence-corrected chi connectivity index (χ2v) is 8.60. The molecule has 0 saturated heterocycles. The van der Waals surface area contributed by atoms with Crippen LogP contribution in [0.1, 0.15) is 23.7 Å². The maximum absolute atomic E-state index is 13.5. The summed E-state index contributed by atoms with van der Waals surface area (Å²) in [5, 5.41) is 0. The van der Waals surface area contributed by atoms with Gasteiger partial charge in [-0.25, -0.2) is 9.38 Å². The molecule has 7 heteroatoms. The molecule has 6 nitrogen and oxygen atoms in total. The van der Waals surface area contributed by atoms with Crippen LogP contribution in [0.15, 0.2) is 76.5 Å². The summed E-state index contributed by atoms with van der Waals surface area (Å²) in [7, 11) is 3.67. The van der Waals surface area contributed by atoms with E-state index in [-0.39, 0.29) is 17.9 Å². The molecule has 0 bridgehead atoms. The first kappa shape index (κ1) is 21.8. The second-order valence-electron chi connectivity index (χ2n) is 8.60. The van der Waals surface area contributed by atoms with Gasteiger partial charge >= 0.3 is 0 Å². The number of nitrogens with two attached hydrogens (primary N) is 1. The molecule has 2 atom stereocenters. The Kier molecular flexibility index (Phi) is 5.40. The Morgan fingerprint density at radius 3 is 2.41 bits per heavy atom. The van der Waals surface area contributed by atoms with E-state index in [0.29, 0.717) is 5.84 Å². The minimum Gasteiger partial charge on any atom is -0.496 e. The molecule has 0 spiro atoms. The third-order valence-electron chi connectivity index (χ3n) is 6.42. The lowest BCUT2D eigenvalue weighted by molar-refractivity contribution is 0.416. The highest BCUT2D eigenvalue weighted by atomic mass is 19.1. The van der Waals surface area contributed by atoms with Gasteiger partial charge in [0.25, 0.3) is 0 Å². The zero-order chi connectivity index (χ0) is 24.0. The molecule has 3 heterocycles. The Morgan fingerprint density at radius 1 is 0.971 bits per heavy atom. The zero-order valence-electron chi connectivity index (χ0n) is 19.6. The molecule has 2 aromatic carbocycles. The van der Waals surface area contributed by atoms with Gasteiger partial charge in [0.2, 0.25) is 0 Å². The standard InChI is InChI=1S/C27H26FN5O/c1-15-13-18(11-12-30-15)21-10-7-19(14-22(21)34-4)23-16(2)31-26(29)24-25(23)33(3)27(32-24)17-5-8-20(28)9-6-17/h5-14,24-25H,1-4H3,(H2,29,31). The molecule has 2 unspecified atom stereocenters. The van der Waals surface area contributed by atoms with Crippen molar-refractivity contribution in [1.29, 1.82) is 0 Å². The predicted octanol–water partition coefficient (Wildman–Crippen LogP) is 4.44. The van der Waals surface area contributed by atoms with Crippen molar-refractivity contribution < 1.29 is 9.13 Å². The van der Waals surface area contributed by atoms with Gasteiger partial charge in [-0.1, -0.05) is 12.1 Å². The summed E-state index contributed by atoms with van der Waals surface area (Å²) in [5.41, 5.74) is 13.0. The summed E-state index contributed by atoms with van der Waals surface area (Å²) in [6.07, 6.45) is 1.80. The molecule has 0 saturated carbocycles. The van der Waals surface area contributed by atoms with Crippen LogP contribution in [0.25, 0.3) is 16.7 Å². The van der Waals surface area contributed by atoms with Gasteiger partial charge in [-0.15, -0.1) is 0 Å². The average Bonchev–Trinajstić information content (AvgIpc) is 3.17. The molecular weight excluding hydrogens is 429 g/mol. The normalized spacial score (nSPS) is 19.6. The fourth-order valence-electron chi connectivity index (χ4n) is 4.82. The topological polar surface area (TPSA) is 76.1 Å². The van der Waals surface area contributed by atoms with Crippen LogP contribution in [0.2, 0.25) is 0 Å². The molecule has 5 rings (SSSR count). The molecule has 0 fully saturated rings. The van der Waals surface area contributed by atoms with Crippen LogP contribution in [0.3, 0.4) is 0 Å². The number of fused-ring (bicyclic) bond motifs is 1. The first-order chi connectivity index (χ1) is 16.4. The van der Waals surface area contributed by atoms with Gasteiger partial charge in [0.15, 0.2) is 0 Å². The molecule has 34 heavy (non-hydrogen) atoms. The number of aryl methyl sites for hydroxylation is 1. The Hall–Kier alpha value is -4.00. The minimum absolute atomic E-state index is 0.128. The number of allylic oxidation sites excluding steroid dienone is 1. The number of nitrogens with zero attached hydrogens (tertiary/aromatic N) is 4. The van der Waals surface area contributed by atoms with E-state index in [1.807, 2.05) is 39.1 Å². The molecule has 172 valence electrons. The maximum Gasteiger partial charge on any atom is 0.134 e. The fraction of sp³-hybridized carbons (Fsp3) is 0.222. The molecule has 2 aliphatic heterocycles. The monoisotopic (exact) mass is 455 g/mol. The van der Waals surface area contributed by atoms with Crippen molar-refractivity contribution in [3.05, 3.63) is 89.1 Å². The van der Waals surface area contributed by atoms with Crippen LogP contribution >= 0.6 is 0 Å². The number of ether oxygens (including phenoxy) is 1. The van der Waals surface area contributed by atoms with Gasteiger partial charge in [0.05, 0.1) is 13.2 Å². The molecule has 0 radical (unpaired) electrons. The van der Waals surface area contributed by atoms with Crippen molar-refractivity contribution >= 4 is 17.2 Å². The number of amidine groups is 2. The number of hydrogen-bond acceptors (Lipinski definition) is 6. The van der Waals surface area contributed by atoms with Crippen molar-refractivity contribution in [1.82, 2.24) is 9.88 Å². The predicted molar refractivity (Wildman–Crippen MR) is 133 cm³/mol. The third-order valence-corrected chi connectivity index (χ3v) is 6.42. The number of hydrogen-bond donors (Lipinski definition) is 1. The molecule has 2 N–H and O–H groups in total. The number of benzene rings is 2. The Labute approximate surface area is 198 Å². The SMILES string of the molecule is COc1cc(C2=C(C)N=C(N)C3N=C(c4ccc(F)cc4)N(C)C23)ccc1-c1ccnc(C)c1. The van der Waals surface area contributed by atoms with Gasteiger partial charge in [0, 0.05) is 41.3 Å². The van der Waals surface area contributed by atoms with E-state index in [9.17, 15) is 4.39 Å². The van der Waals surface area contributed by atoms with E-state index in [4.69, 9.17) is 15.5 Å². The number of aromatic nitrogens is 1. The van der Waals surface area contributed by atoms with Gasteiger partial charge < -0.3 is 15.4 Å². The number of likely N-dealkylation sites (N-methyl/N-ethyl adjacent to an activating group) is 1. The summed E-state index contributed by atoms with van der Waals surface area (Å²) in [4.78, 5) is 15.9. The van der Waals surface area contributed by atoms with Crippen LogP contribution in [0.5, 0.6) is 5.75 Å². The summed E-state index contributed by atoms with van der Waals surface area (Å²) in [5.74, 6) is 1.72. The van der Waals surface area contributed by atoms with E-state index in [1.54, 1.807) is 25.4 Å².